The second kappa shape index (κ2) is 9.36. The number of ether oxygens (including phenoxy) is 2. The molecule has 26 heavy (non-hydrogen) atoms. The maximum Gasteiger partial charge on any atom is 0.343 e. The summed E-state index contributed by atoms with van der Waals surface area (Å²) in [5.41, 5.74) is 6.62. The first-order valence-electron chi connectivity index (χ1n) is 8.15. The minimum Gasteiger partial charge on any atom is -0.482 e. The summed E-state index contributed by atoms with van der Waals surface area (Å²) in [5.74, 6) is -0.0732. The van der Waals surface area contributed by atoms with E-state index < -0.39 is 5.97 Å². The number of hydrogen-bond donors (Lipinski definition) is 1. The van der Waals surface area contributed by atoms with Gasteiger partial charge in [0.05, 0.1) is 19.7 Å². The topological polar surface area (TPSA) is 77.0 Å². The van der Waals surface area contributed by atoms with Crippen LogP contribution in [0.4, 0.5) is 0 Å². The average Bonchev–Trinajstić information content (AvgIpc) is 2.63. The molecule has 0 fully saturated rings. The molecule has 0 spiro atoms. The van der Waals surface area contributed by atoms with Gasteiger partial charge in [0.25, 0.3) is 0 Å². The van der Waals surface area contributed by atoms with Crippen LogP contribution < -0.4 is 10.2 Å². The summed E-state index contributed by atoms with van der Waals surface area (Å²) in [6, 6.07) is 12.9. The van der Waals surface area contributed by atoms with E-state index >= 15 is 0 Å². The zero-order valence-electron chi connectivity index (χ0n) is 15.1. The van der Waals surface area contributed by atoms with Crippen LogP contribution >= 0.6 is 0 Å². The second-order valence-corrected chi connectivity index (χ2v) is 5.82. The molecule has 0 aliphatic heterocycles. The molecule has 0 saturated carbocycles. The van der Waals surface area contributed by atoms with Gasteiger partial charge in [0.2, 0.25) is 5.91 Å². The van der Waals surface area contributed by atoms with E-state index in [0.717, 1.165) is 16.7 Å². The lowest BCUT2D eigenvalue weighted by Gasteiger charge is -2.05. The molecular formula is C20H22N2O4. The monoisotopic (exact) mass is 354 g/mol. The number of methoxy groups -OCH3 is 1. The molecule has 0 aliphatic carbocycles. The van der Waals surface area contributed by atoms with Gasteiger partial charge in [-0.1, -0.05) is 18.2 Å². The molecule has 2 rings (SSSR count). The second-order valence-electron chi connectivity index (χ2n) is 5.82. The molecule has 0 radical (unpaired) electrons. The fraction of sp³-hybridized carbons (Fsp3) is 0.250. The van der Waals surface area contributed by atoms with Gasteiger partial charge in [-0.05, 0) is 60.4 Å². The summed E-state index contributed by atoms with van der Waals surface area (Å²) in [6.07, 6.45) is 1.82. The van der Waals surface area contributed by atoms with Gasteiger partial charge >= 0.3 is 5.97 Å². The highest BCUT2D eigenvalue weighted by molar-refractivity contribution is 5.83. The van der Waals surface area contributed by atoms with Crippen LogP contribution in [0.15, 0.2) is 47.6 Å². The Hall–Kier alpha value is -3.15. The molecule has 0 atom stereocenters. The number of nitrogens with one attached hydrogen (secondary N) is 1. The molecule has 0 bridgehead atoms. The van der Waals surface area contributed by atoms with Gasteiger partial charge in [0, 0.05) is 0 Å². The number of hydrazone groups is 1. The minimum absolute atomic E-state index is 0.140. The Labute approximate surface area is 152 Å². The van der Waals surface area contributed by atoms with Crippen LogP contribution in [-0.2, 0) is 20.7 Å². The third-order valence-corrected chi connectivity index (χ3v) is 3.80. The number of rotatable bonds is 7. The Morgan fingerprint density at radius 2 is 1.81 bits per heavy atom. The molecule has 0 saturated heterocycles. The van der Waals surface area contributed by atoms with E-state index in [2.05, 4.69) is 15.3 Å². The van der Waals surface area contributed by atoms with E-state index in [1.807, 2.05) is 32.0 Å². The number of nitrogens with zero attached hydrogens (tertiary/aromatic N) is 1. The molecule has 6 nitrogen and oxygen atoms in total. The van der Waals surface area contributed by atoms with E-state index in [1.54, 1.807) is 30.5 Å². The fourth-order valence-electron chi connectivity index (χ4n) is 2.17. The van der Waals surface area contributed by atoms with Crippen molar-refractivity contribution in [3.8, 4) is 5.75 Å². The van der Waals surface area contributed by atoms with Gasteiger partial charge in [0.1, 0.15) is 5.75 Å². The lowest BCUT2D eigenvalue weighted by Crippen LogP contribution is -2.19. The maximum absolute atomic E-state index is 11.9. The normalized spacial score (nSPS) is 10.6. The van der Waals surface area contributed by atoms with Crippen molar-refractivity contribution in [1.82, 2.24) is 5.43 Å². The van der Waals surface area contributed by atoms with Crippen molar-refractivity contribution in [3.05, 3.63) is 64.7 Å². The molecule has 0 aliphatic rings. The zero-order valence-corrected chi connectivity index (χ0v) is 15.1. The molecule has 0 unspecified atom stereocenters. The van der Waals surface area contributed by atoms with Gasteiger partial charge in [-0.3, -0.25) is 4.79 Å². The standard InChI is InChI=1S/C20H22N2O4/c1-14-4-5-17(10-15(14)2)11-19(23)22-21-12-16-6-8-18(9-7-16)26-13-20(24)25-3/h4-10,12H,11,13H2,1-3H3,(H,22,23)/b21-12-. The highest BCUT2D eigenvalue weighted by Gasteiger charge is 2.04. The first-order chi connectivity index (χ1) is 12.5. The molecule has 0 aromatic heterocycles. The number of hydrogen-bond acceptors (Lipinski definition) is 5. The third-order valence-electron chi connectivity index (χ3n) is 3.80. The van der Waals surface area contributed by atoms with E-state index in [0.29, 0.717) is 5.75 Å². The van der Waals surface area contributed by atoms with E-state index in [1.165, 1.54) is 12.7 Å². The Kier molecular flexibility index (Phi) is 6.91. The maximum atomic E-state index is 11.9. The highest BCUT2D eigenvalue weighted by atomic mass is 16.6. The molecular weight excluding hydrogens is 332 g/mol. The van der Waals surface area contributed by atoms with Crippen LogP contribution in [0.25, 0.3) is 0 Å². The van der Waals surface area contributed by atoms with Crippen LogP contribution in [0, 0.1) is 13.8 Å². The SMILES string of the molecule is COC(=O)COc1ccc(/C=N\NC(=O)Cc2ccc(C)c(C)c2)cc1. The lowest BCUT2D eigenvalue weighted by atomic mass is 10.0. The van der Waals surface area contributed by atoms with Gasteiger partial charge in [0.15, 0.2) is 6.61 Å². The van der Waals surface area contributed by atoms with Gasteiger partial charge in [-0.15, -0.1) is 0 Å². The summed E-state index contributed by atoms with van der Waals surface area (Å²) in [6.45, 7) is 3.92. The fourth-order valence-corrected chi connectivity index (χ4v) is 2.17. The highest BCUT2D eigenvalue weighted by Crippen LogP contribution is 2.11. The summed E-state index contributed by atoms with van der Waals surface area (Å²) < 4.78 is 9.75. The molecule has 1 N–H and O–H groups in total. The van der Waals surface area contributed by atoms with Crippen molar-refractivity contribution in [2.45, 2.75) is 20.3 Å². The van der Waals surface area contributed by atoms with Crippen molar-refractivity contribution in [2.75, 3.05) is 13.7 Å². The van der Waals surface area contributed by atoms with Crippen molar-refractivity contribution < 1.29 is 19.1 Å². The third kappa shape index (κ3) is 6.05. The van der Waals surface area contributed by atoms with Gasteiger partial charge < -0.3 is 9.47 Å². The van der Waals surface area contributed by atoms with Gasteiger partial charge in [-0.2, -0.15) is 5.10 Å². The van der Waals surface area contributed by atoms with E-state index in [4.69, 9.17) is 4.74 Å². The molecule has 2 aromatic rings. The lowest BCUT2D eigenvalue weighted by molar-refractivity contribution is -0.142. The smallest absolute Gasteiger partial charge is 0.343 e. The number of benzene rings is 2. The van der Waals surface area contributed by atoms with Crippen LogP contribution in [0.2, 0.25) is 0 Å². The Bertz CT molecular complexity index is 798. The van der Waals surface area contributed by atoms with Crippen LogP contribution in [0.3, 0.4) is 0 Å². The predicted octanol–water partition coefficient (Wildman–Crippen LogP) is 2.55. The first kappa shape index (κ1) is 19.2. The Morgan fingerprint density at radius 1 is 1.08 bits per heavy atom. The van der Waals surface area contributed by atoms with Crippen LogP contribution in [0.1, 0.15) is 22.3 Å². The Balaban J connectivity index is 1.82. The first-order valence-corrected chi connectivity index (χ1v) is 8.15. The van der Waals surface area contributed by atoms with Crippen LogP contribution in [0.5, 0.6) is 5.75 Å². The summed E-state index contributed by atoms with van der Waals surface area (Å²) in [5, 5.41) is 3.96. The largest absolute Gasteiger partial charge is 0.482 e. The zero-order chi connectivity index (χ0) is 18.9. The molecule has 6 heteroatoms. The predicted molar refractivity (Wildman–Crippen MR) is 99.3 cm³/mol. The number of carbonyl (C=O) groups is 2. The van der Waals surface area contributed by atoms with E-state index in [-0.39, 0.29) is 18.9 Å². The molecule has 1 amide bonds. The van der Waals surface area contributed by atoms with Crippen molar-refractivity contribution in [3.63, 3.8) is 0 Å². The number of esters is 1. The quantitative estimate of drug-likeness (QED) is 0.471. The molecule has 136 valence electrons. The molecule has 0 heterocycles. The number of aryl methyl sites for hydroxylation is 2. The van der Waals surface area contributed by atoms with E-state index in [9.17, 15) is 9.59 Å². The average molecular weight is 354 g/mol. The summed E-state index contributed by atoms with van der Waals surface area (Å²) in [4.78, 5) is 23.0. The van der Waals surface area contributed by atoms with Gasteiger partial charge in [-0.25, -0.2) is 10.2 Å². The summed E-state index contributed by atoms with van der Waals surface area (Å²) >= 11 is 0. The minimum atomic E-state index is -0.442. The summed E-state index contributed by atoms with van der Waals surface area (Å²) in [7, 11) is 1.31. The number of carbonyl (C=O) groups excluding carboxylic acids is 2. The van der Waals surface area contributed by atoms with Crippen molar-refractivity contribution in [1.29, 1.82) is 0 Å². The van der Waals surface area contributed by atoms with Crippen molar-refractivity contribution in [2.24, 2.45) is 5.10 Å². The van der Waals surface area contributed by atoms with Crippen LogP contribution in [-0.4, -0.2) is 31.8 Å². The molecule has 2 aromatic carbocycles. The Morgan fingerprint density at radius 3 is 2.46 bits per heavy atom. The number of amides is 1. The van der Waals surface area contributed by atoms with Crippen molar-refractivity contribution >= 4 is 18.1 Å².